The minimum absolute atomic E-state index is 0.0187. The van der Waals surface area contributed by atoms with Gasteiger partial charge in [0.25, 0.3) is 5.69 Å². The van der Waals surface area contributed by atoms with Gasteiger partial charge in [0.15, 0.2) is 0 Å². The number of ether oxygens (including phenoxy) is 1. The van der Waals surface area contributed by atoms with Gasteiger partial charge in [-0.15, -0.1) is 0 Å². The lowest BCUT2D eigenvalue weighted by Gasteiger charge is -2.08. The van der Waals surface area contributed by atoms with E-state index in [1.165, 1.54) is 6.07 Å². The third-order valence-electron chi connectivity index (χ3n) is 2.53. The van der Waals surface area contributed by atoms with E-state index in [0.29, 0.717) is 10.2 Å². The van der Waals surface area contributed by atoms with Crippen LogP contribution in [0.3, 0.4) is 0 Å². The Morgan fingerprint density at radius 1 is 1.21 bits per heavy atom. The molecule has 6 heteroatoms. The largest absolute Gasteiger partial charge is 0.497 e. The molecule has 0 aliphatic rings. The minimum atomic E-state index is -0.420. The van der Waals surface area contributed by atoms with Crippen LogP contribution in [0, 0.1) is 10.1 Å². The molecule has 0 heterocycles. The molecule has 0 radical (unpaired) electrons. The normalized spacial score (nSPS) is 10.0. The number of methoxy groups -OCH3 is 1. The molecule has 98 valence electrons. The number of nitro benzene ring substituents is 1. The molecule has 19 heavy (non-hydrogen) atoms. The molecule has 1 N–H and O–H groups in total. The SMILES string of the molecule is COc1ccc(Nc2ccc(Br)cc2[N+](=O)[O-])cc1. The third-order valence-corrected chi connectivity index (χ3v) is 3.02. The van der Waals surface area contributed by atoms with Gasteiger partial charge < -0.3 is 10.1 Å². The molecule has 0 aliphatic heterocycles. The lowest BCUT2D eigenvalue weighted by Crippen LogP contribution is -1.97. The zero-order valence-electron chi connectivity index (χ0n) is 10.1. The predicted molar refractivity (Wildman–Crippen MR) is 77.1 cm³/mol. The van der Waals surface area contributed by atoms with Crippen LogP contribution in [0.15, 0.2) is 46.9 Å². The summed E-state index contributed by atoms with van der Waals surface area (Å²) < 4.78 is 5.72. The zero-order chi connectivity index (χ0) is 13.8. The molecule has 2 rings (SSSR count). The van der Waals surface area contributed by atoms with Crippen molar-refractivity contribution in [2.75, 3.05) is 12.4 Å². The van der Waals surface area contributed by atoms with Gasteiger partial charge in [-0.3, -0.25) is 10.1 Å². The van der Waals surface area contributed by atoms with Crippen molar-refractivity contribution >= 4 is 33.0 Å². The van der Waals surface area contributed by atoms with Crippen LogP contribution in [-0.4, -0.2) is 12.0 Å². The van der Waals surface area contributed by atoms with Crippen molar-refractivity contribution in [3.63, 3.8) is 0 Å². The number of anilines is 2. The maximum atomic E-state index is 11.0. The smallest absolute Gasteiger partial charge is 0.293 e. The highest BCUT2D eigenvalue weighted by atomic mass is 79.9. The standard InChI is InChI=1S/C13H11BrN2O3/c1-19-11-5-3-10(4-6-11)15-12-7-2-9(14)8-13(12)16(17)18/h2-8,15H,1H3. The summed E-state index contributed by atoms with van der Waals surface area (Å²) in [6.45, 7) is 0. The molecular weight excluding hydrogens is 312 g/mol. The highest BCUT2D eigenvalue weighted by Crippen LogP contribution is 2.30. The Hall–Kier alpha value is -2.08. The van der Waals surface area contributed by atoms with E-state index >= 15 is 0 Å². The predicted octanol–water partition coefficient (Wildman–Crippen LogP) is 4.11. The molecule has 0 saturated heterocycles. The molecule has 0 aliphatic carbocycles. The number of nitrogens with zero attached hydrogens (tertiary/aromatic N) is 1. The fraction of sp³-hybridized carbons (Fsp3) is 0.0769. The third kappa shape index (κ3) is 3.23. The van der Waals surface area contributed by atoms with E-state index in [0.717, 1.165) is 11.4 Å². The van der Waals surface area contributed by atoms with E-state index < -0.39 is 4.92 Å². The van der Waals surface area contributed by atoms with E-state index in [1.807, 2.05) is 0 Å². The molecule has 0 aromatic heterocycles. The zero-order valence-corrected chi connectivity index (χ0v) is 11.7. The van der Waals surface area contributed by atoms with Crippen LogP contribution in [0.1, 0.15) is 0 Å². The summed E-state index contributed by atoms with van der Waals surface area (Å²) in [4.78, 5) is 10.6. The van der Waals surface area contributed by atoms with E-state index in [-0.39, 0.29) is 5.69 Å². The van der Waals surface area contributed by atoms with Gasteiger partial charge in [-0.05, 0) is 36.4 Å². The van der Waals surface area contributed by atoms with Gasteiger partial charge in [0.05, 0.1) is 12.0 Å². The van der Waals surface area contributed by atoms with Crippen LogP contribution in [-0.2, 0) is 0 Å². The highest BCUT2D eigenvalue weighted by Gasteiger charge is 2.14. The molecule has 2 aromatic carbocycles. The van der Waals surface area contributed by atoms with Crippen LogP contribution in [0.4, 0.5) is 17.1 Å². The minimum Gasteiger partial charge on any atom is -0.497 e. The van der Waals surface area contributed by atoms with Crippen LogP contribution in [0.2, 0.25) is 0 Å². The average molecular weight is 323 g/mol. The summed E-state index contributed by atoms with van der Waals surface area (Å²) in [6.07, 6.45) is 0. The fourth-order valence-corrected chi connectivity index (χ4v) is 1.94. The molecule has 0 amide bonds. The van der Waals surface area contributed by atoms with Crippen molar-refractivity contribution in [3.05, 3.63) is 57.1 Å². The summed E-state index contributed by atoms with van der Waals surface area (Å²) in [5.74, 6) is 0.732. The van der Waals surface area contributed by atoms with Crippen molar-refractivity contribution in [2.24, 2.45) is 0 Å². The van der Waals surface area contributed by atoms with Gasteiger partial charge in [-0.25, -0.2) is 0 Å². The Bertz CT molecular complexity index is 599. The second kappa shape index (κ2) is 5.71. The van der Waals surface area contributed by atoms with E-state index in [9.17, 15) is 10.1 Å². The highest BCUT2D eigenvalue weighted by molar-refractivity contribution is 9.10. The average Bonchev–Trinajstić information content (AvgIpc) is 2.41. The van der Waals surface area contributed by atoms with Gasteiger partial charge >= 0.3 is 0 Å². The Morgan fingerprint density at radius 3 is 2.47 bits per heavy atom. The second-order valence-corrected chi connectivity index (χ2v) is 4.69. The van der Waals surface area contributed by atoms with Crippen molar-refractivity contribution in [2.45, 2.75) is 0 Å². The van der Waals surface area contributed by atoms with Crippen molar-refractivity contribution in [3.8, 4) is 5.75 Å². The quantitative estimate of drug-likeness (QED) is 0.679. The Balaban J connectivity index is 2.29. The number of halogens is 1. The Morgan fingerprint density at radius 2 is 1.89 bits per heavy atom. The Kier molecular flexibility index (Phi) is 4.01. The summed E-state index contributed by atoms with van der Waals surface area (Å²) in [5.41, 5.74) is 1.22. The molecule has 2 aromatic rings. The Labute approximate surface area is 118 Å². The first kappa shape index (κ1) is 13.4. The van der Waals surface area contributed by atoms with E-state index in [4.69, 9.17) is 4.74 Å². The van der Waals surface area contributed by atoms with Crippen molar-refractivity contribution in [1.29, 1.82) is 0 Å². The summed E-state index contributed by atoms with van der Waals surface area (Å²) in [5, 5.41) is 14.0. The van der Waals surface area contributed by atoms with Crippen LogP contribution >= 0.6 is 15.9 Å². The van der Waals surface area contributed by atoms with Crippen LogP contribution in [0.25, 0.3) is 0 Å². The fourth-order valence-electron chi connectivity index (χ4n) is 1.59. The van der Waals surface area contributed by atoms with Gasteiger partial charge in [0, 0.05) is 16.2 Å². The number of rotatable bonds is 4. The van der Waals surface area contributed by atoms with Crippen molar-refractivity contribution in [1.82, 2.24) is 0 Å². The summed E-state index contributed by atoms with van der Waals surface area (Å²) >= 11 is 3.22. The maximum absolute atomic E-state index is 11.0. The van der Waals surface area contributed by atoms with Crippen LogP contribution < -0.4 is 10.1 Å². The number of nitrogens with one attached hydrogen (secondary N) is 1. The number of hydrogen-bond donors (Lipinski definition) is 1. The number of nitro groups is 1. The molecular formula is C13H11BrN2O3. The second-order valence-electron chi connectivity index (χ2n) is 3.77. The number of hydrogen-bond acceptors (Lipinski definition) is 4. The molecule has 0 fully saturated rings. The molecule has 0 spiro atoms. The van der Waals surface area contributed by atoms with Gasteiger partial charge in [0.1, 0.15) is 11.4 Å². The molecule has 0 unspecified atom stereocenters. The molecule has 0 atom stereocenters. The molecule has 0 saturated carbocycles. The summed E-state index contributed by atoms with van der Waals surface area (Å²) in [7, 11) is 1.59. The lowest BCUT2D eigenvalue weighted by molar-refractivity contribution is -0.384. The number of benzene rings is 2. The van der Waals surface area contributed by atoms with Crippen molar-refractivity contribution < 1.29 is 9.66 Å². The first-order valence-corrected chi connectivity index (χ1v) is 6.24. The summed E-state index contributed by atoms with van der Waals surface area (Å²) in [6, 6.07) is 12.0. The monoisotopic (exact) mass is 322 g/mol. The lowest BCUT2D eigenvalue weighted by atomic mass is 10.2. The molecule has 0 bridgehead atoms. The first-order valence-electron chi connectivity index (χ1n) is 5.45. The topological polar surface area (TPSA) is 64.4 Å². The molecule has 5 nitrogen and oxygen atoms in total. The van der Waals surface area contributed by atoms with E-state index in [1.54, 1.807) is 43.5 Å². The van der Waals surface area contributed by atoms with Crippen LogP contribution in [0.5, 0.6) is 5.75 Å². The van der Waals surface area contributed by atoms with E-state index in [2.05, 4.69) is 21.2 Å². The first-order chi connectivity index (χ1) is 9.10. The van der Waals surface area contributed by atoms with Gasteiger partial charge in [0.2, 0.25) is 0 Å². The maximum Gasteiger partial charge on any atom is 0.293 e. The van der Waals surface area contributed by atoms with Gasteiger partial charge in [-0.2, -0.15) is 0 Å². The van der Waals surface area contributed by atoms with Gasteiger partial charge in [-0.1, -0.05) is 15.9 Å².